The summed E-state index contributed by atoms with van der Waals surface area (Å²) >= 11 is 0. The zero-order valence-corrected chi connectivity index (χ0v) is 24.1. The molecule has 30 heavy (non-hydrogen) atoms. The first-order valence-corrected chi connectivity index (χ1v) is 17.9. The molecular formula is C25H50O3Si2. The predicted molar refractivity (Wildman–Crippen MR) is 133 cm³/mol. The molecule has 0 aromatic heterocycles. The van der Waals surface area contributed by atoms with Gasteiger partial charge in [-0.25, -0.2) is 0 Å². The van der Waals surface area contributed by atoms with Crippen LogP contribution >= 0.6 is 0 Å². The van der Waals surface area contributed by atoms with Crippen molar-refractivity contribution in [2.75, 3.05) is 13.2 Å². The van der Waals surface area contributed by atoms with Crippen molar-refractivity contribution in [3.05, 3.63) is 0 Å². The molecule has 0 heterocycles. The average molecular weight is 455 g/mol. The van der Waals surface area contributed by atoms with Gasteiger partial charge >= 0.3 is 0 Å². The molecule has 0 amide bonds. The van der Waals surface area contributed by atoms with Crippen molar-refractivity contribution in [1.29, 1.82) is 0 Å². The molecular weight excluding hydrogens is 404 g/mol. The van der Waals surface area contributed by atoms with Gasteiger partial charge in [-0.3, -0.25) is 4.79 Å². The van der Waals surface area contributed by atoms with Crippen molar-refractivity contribution in [2.24, 2.45) is 22.7 Å². The molecule has 0 aromatic carbocycles. The van der Waals surface area contributed by atoms with Gasteiger partial charge in [-0.15, -0.1) is 0 Å². The number of fused-ring (bicyclic) bond motifs is 1. The van der Waals surface area contributed by atoms with Gasteiger partial charge in [0.1, 0.15) is 5.78 Å². The van der Waals surface area contributed by atoms with Gasteiger partial charge in [0.25, 0.3) is 0 Å². The Kier molecular flexibility index (Phi) is 7.10. The van der Waals surface area contributed by atoms with Crippen LogP contribution in [0.2, 0.25) is 36.3 Å². The molecule has 0 aliphatic heterocycles. The average Bonchev–Trinajstić information content (AvgIpc) is 2.94. The van der Waals surface area contributed by atoms with Crippen molar-refractivity contribution in [1.82, 2.24) is 0 Å². The Morgan fingerprint density at radius 1 is 0.933 bits per heavy atom. The molecule has 0 radical (unpaired) electrons. The lowest BCUT2D eigenvalue weighted by Gasteiger charge is -2.53. The molecule has 176 valence electrons. The molecule has 0 N–H and O–H groups in total. The van der Waals surface area contributed by atoms with E-state index in [2.05, 4.69) is 81.6 Å². The monoisotopic (exact) mass is 454 g/mol. The maximum atomic E-state index is 13.4. The third kappa shape index (κ3) is 4.84. The highest BCUT2D eigenvalue weighted by molar-refractivity contribution is 6.74. The third-order valence-corrected chi connectivity index (χ3v) is 18.6. The van der Waals surface area contributed by atoms with Crippen LogP contribution in [-0.4, -0.2) is 35.6 Å². The number of carbonyl (C=O) groups is 1. The number of hydrogen-bond acceptors (Lipinski definition) is 3. The summed E-state index contributed by atoms with van der Waals surface area (Å²) < 4.78 is 13.5. The number of carbonyl (C=O) groups excluding carboxylic acids is 1. The highest BCUT2D eigenvalue weighted by Gasteiger charge is 2.59. The molecule has 0 unspecified atom stereocenters. The number of ketones is 1. The van der Waals surface area contributed by atoms with Crippen LogP contribution in [0.25, 0.3) is 0 Å². The summed E-state index contributed by atoms with van der Waals surface area (Å²) in [6.07, 6.45) is 4.01. The van der Waals surface area contributed by atoms with Crippen molar-refractivity contribution < 1.29 is 13.6 Å². The minimum Gasteiger partial charge on any atom is -0.417 e. The second kappa shape index (κ2) is 8.11. The minimum absolute atomic E-state index is 0.135. The molecule has 2 rings (SSSR count). The number of hydrogen-bond donors (Lipinski definition) is 0. The van der Waals surface area contributed by atoms with E-state index in [1.165, 1.54) is 6.42 Å². The minimum atomic E-state index is -1.87. The lowest BCUT2D eigenvalue weighted by Crippen LogP contribution is -2.56. The van der Waals surface area contributed by atoms with Crippen LogP contribution in [0.1, 0.15) is 81.1 Å². The fraction of sp³-hybridized carbons (Fsp3) is 0.960. The maximum absolute atomic E-state index is 13.4. The summed E-state index contributed by atoms with van der Waals surface area (Å²) in [5.41, 5.74) is -0.290. The largest absolute Gasteiger partial charge is 0.417 e. The second-order valence-corrected chi connectivity index (χ2v) is 23.5. The van der Waals surface area contributed by atoms with E-state index in [1.54, 1.807) is 0 Å². The highest BCUT2D eigenvalue weighted by atomic mass is 28.4. The number of rotatable bonds is 6. The Morgan fingerprint density at radius 3 is 1.93 bits per heavy atom. The van der Waals surface area contributed by atoms with Crippen LogP contribution in [-0.2, 0) is 13.6 Å². The van der Waals surface area contributed by atoms with E-state index in [0.717, 1.165) is 19.4 Å². The fourth-order valence-electron chi connectivity index (χ4n) is 4.92. The van der Waals surface area contributed by atoms with Crippen LogP contribution in [0.4, 0.5) is 0 Å². The summed E-state index contributed by atoms with van der Waals surface area (Å²) in [6, 6.07) is 0. The lowest BCUT2D eigenvalue weighted by molar-refractivity contribution is -0.147. The molecule has 2 fully saturated rings. The van der Waals surface area contributed by atoms with Crippen LogP contribution in [0.15, 0.2) is 0 Å². The molecule has 2 aliphatic carbocycles. The van der Waals surface area contributed by atoms with Gasteiger partial charge < -0.3 is 8.85 Å². The first kappa shape index (κ1) is 26.3. The van der Waals surface area contributed by atoms with Crippen molar-refractivity contribution in [3.63, 3.8) is 0 Å². The van der Waals surface area contributed by atoms with E-state index >= 15 is 0 Å². The SMILES string of the molecule is CC(C)(C)[Si](C)(C)OC[C@H]1[C@H]2CCC[C@@]2(C)C(=O)C[C@@]1(C)CO[Si](C)(C)C(C)(C)C. The summed E-state index contributed by atoms with van der Waals surface area (Å²) in [4.78, 5) is 13.4. The van der Waals surface area contributed by atoms with E-state index < -0.39 is 16.6 Å². The maximum Gasteiger partial charge on any atom is 0.192 e. The van der Waals surface area contributed by atoms with Crippen LogP contribution in [0, 0.1) is 22.7 Å². The zero-order chi connectivity index (χ0) is 23.4. The van der Waals surface area contributed by atoms with E-state index in [4.69, 9.17) is 8.85 Å². The summed E-state index contributed by atoms with van der Waals surface area (Å²) in [6.45, 7) is 29.2. The van der Waals surface area contributed by atoms with Gasteiger partial charge in [0.05, 0.1) is 0 Å². The van der Waals surface area contributed by atoms with Gasteiger partial charge in [-0.05, 0) is 60.9 Å². The van der Waals surface area contributed by atoms with Crippen LogP contribution < -0.4 is 0 Å². The topological polar surface area (TPSA) is 35.5 Å². The van der Waals surface area contributed by atoms with E-state index in [0.29, 0.717) is 30.6 Å². The molecule has 2 aliphatic rings. The van der Waals surface area contributed by atoms with Crippen molar-refractivity contribution >= 4 is 22.4 Å². The van der Waals surface area contributed by atoms with Gasteiger partial charge in [-0.2, -0.15) is 0 Å². The number of Topliss-reactive ketones (excluding diaryl/α,β-unsaturated/α-hetero) is 1. The molecule has 3 nitrogen and oxygen atoms in total. The van der Waals surface area contributed by atoms with Gasteiger partial charge in [-0.1, -0.05) is 61.8 Å². The summed E-state index contributed by atoms with van der Waals surface area (Å²) in [5, 5.41) is 0.377. The molecule has 0 spiro atoms. The lowest BCUT2D eigenvalue weighted by atomic mass is 9.54. The highest BCUT2D eigenvalue weighted by Crippen LogP contribution is 2.59. The molecule has 5 heteroatoms. The van der Waals surface area contributed by atoms with Gasteiger partial charge in [0.2, 0.25) is 0 Å². The summed E-state index contributed by atoms with van der Waals surface area (Å²) in [5.74, 6) is 1.29. The van der Waals surface area contributed by atoms with Crippen LogP contribution in [0.5, 0.6) is 0 Å². The molecule has 0 saturated heterocycles. The quantitative estimate of drug-likeness (QED) is 0.391. The van der Waals surface area contributed by atoms with Crippen molar-refractivity contribution in [3.8, 4) is 0 Å². The standard InChI is InChI=1S/C25H50O3Si2/c1-22(2,3)29(9,10)27-17-20-19-14-13-15-25(19,8)21(26)16-24(20,7)18-28-30(11,12)23(4,5)6/h19-20H,13-18H2,1-12H3/t19-,20+,24+,25-/m1/s1. The molecule has 0 bridgehead atoms. The Bertz CT molecular complexity index is 644. The fourth-order valence-corrected chi connectivity index (χ4v) is 7.07. The van der Waals surface area contributed by atoms with E-state index in [-0.39, 0.29) is 20.9 Å². The second-order valence-electron chi connectivity index (χ2n) is 13.9. The first-order chi connectivity index (χ1) is 13.3. The van der Waals surface area contributed by atoms with E-state index in [9.17, 15) is 4.79 Å². The Morgan fingerprint density at radius 2 is 1.43 bits per heavy atom. The molecule has 4 atom stereocenters. The van der Waals surface area contributed by atoms with Gasteiger partial charge in [0, 0.05) is 30.5 Å². The first-order valence-electron chi connectivity index (χ1n) is 12.1. The Balaban J connectivity index is 2.32. The zero-order valence-electron chi connectivity index (χ0n) is 22.1. The normalized spacial score (nSPS) is 33.7. The summed E-state index contributed by atoms with van der Waals surface area (Å²) in [7, 11) is -3.72. The molecule has 0 aromatic rings. The third-order valence-electron chi connectivity index (χ3n) is 9.61. The van der Waals surface area contributed by atoms with Crippen molar-refractivity contribution in [2.45, 2.75) is 117 Å². The van der Waals surface area contributed by atoms with Crippen LogP contribution in [0.3, 0.4) is 0 Å². The smallest absolute Gasteiger partial charge is 0.192 e. The molecule has 2 saturated carbocycles. The Hall–Kier alpha value is 0.0238. The Labute approximate surface area is 189 Å². The van der Waals surface area contributed by atoms with E-state index in [1.807, 2.05) is 0 Å². The van der Waals surface area contributed by atoms with Gasteiger partial charge in [0.15, 0.2) is 16.6 Å². The predicted octanol–water partition coefficient (Wildman–Crippen LogP) is 7.43.